The van der Waals surface area contributed by atoms with E-state index in [0.29, 0.717) is 5.57 Å². The Bertz CT molecular complexity index is 542. The zero-order valence-corrected chi connectivity index (χ0v) is 12.8. The van der Waals surface area contributed by atoms with Crippen LogP contribution in [0.4, 0.5) is 0 Å². The fourth-order valence-corrected chi connectivity index (χ4v) is 3.50. The molecule has 2 rings (SSSR count). The summed E-state index contributed by atoms with van der Waals surface area (Å²) in [7, 11) is 0. The van der Waals surface area contributed by atoms with Crippen LogP contribution in [0.2, 0.25) is 0 Å². The summed E-state index contributed by atoms with van der Waals surface area (Å²) in [6, 6.07) is 19.7. The van der Waals surface area contributed by atoms with E-state index < -0.39 is 0 Å². The highest BCUT2D eigenvalue weighted by Crippen LogP contribution is 2.34. The standard InChI is InChI=1S/C16H15NOS2/c1-13(2)16(18)17(19-14-9-5-3-6-10-14)20-15-11-7-4-8-12-15/h3-12H,1H2,2H3. The van der Waals surface area contributed by atoms with E-state index in [4.69, 9.17) is 0 Å². The summed E-state index contributed by atoms with van der Waals surface area (Å²) in [6.07, 6.45) is 0. The molecule has 102 valence electrons. The predicted molar refractivity (Wildman–Crippen MR) is 86.3 cm³/mol. The molecule has 0 aromatic heterocycles. The molecule has 0 spiro atoms. The number of amides is 1. The number of benzene rings is 2. The molecule has 0 saturated carbocycles. The molecule has 0 aliphatic rings. The number of nitrogens with zero attached hydrogens (tertiary/aromatic N) is 1. The van der Waals surface area contributed by atoms with Gasteiger partial charge in [0.25, 0.3) is 5.91 Å². The van der Waals surface area contributed by atoms with Gasteiger partial charge in [-0.1, -0.05) is 43.0 Å². The van der Waals surface area contributed by atoms with Crippen LogP contribution in [-0.2, 0) is 4.79 Å². The molecular formula is C16H15NOS2. The molecule has 4 heteroatoms. The molecule has 0 saturated heterocycles. The zero-order chi connectivity index (χ0) is 14.4. The molecular weight excluding hydrogens is 286 g/mol. The minimum absolute atomic E-state index is 0.0762. The molecule has 2 aromatic rings. The number of hydrogen-bond donors (Lipinski definition) is 0. The molecule has 0 aliphatic heterocycles. The average Bonchev–Trinajstić information content (AvgIpc) is 2.48. The van der Waals surface area contributed by atoms with Crippen molar-refractivity contribution >= 4 is 29.8 Å². The second-order valence-corrected chi connectivity index (χ2v) is 6.42. The maximum absolute atomic E-state index is 12.2. The Morgan fingerprint density at radius 1 is 0.900 bits per heavy atom. The summed E-state index contributed by atoms with van der Waals surface area (Å²) in [4.78, 5) is 14.3. The smallest absolute Gasteiger partial charge is 0.268 e. The third-order valence-corrected chi connectivity index (χ3v) is 4.47. The third kappa shape index (κ3) is 4.18. The van der Waals surface area contributed by atoms with Gasteiger partial charge in [-0.05, 0) is 31.2 Å². The average molecular weight is 301 g/mol. The molecule has 0 heterocycles. The highest BCUT2D eigenvalue weighted by Gasteiger charge is 2.17. The number of carbonyl (C=O) groups excluding carboxylic acids is 1. The molecule has 0 fully saturated rings. The molecule has 0 aliphatic carbocycles. The van der Waals surface area contributed by atoms with E-state index in [1.54, 1.807) is 10.6 Å². The van der Waals surface area contributed by atoms with Crippen LogP contribution in [0.25, 0.3) is 0 Å². The molecule has 0 unspecified atom stereocenters. The Hall–Kier alpha value is -1.65. The van der Waals surface area contributed by atoms with Gasteiger partial charge in [0.2, 0.25) is 0 Å². The zero-order valence-electron chi connectivity index (χ0n) is 11.2. The summed E-state index contributed by atoms with van der Waals surface area (Å²) in [6.45, 7) is 5.47. The topological polar surface area (TPSA) is 20.3 Å². The van der Waals surface area contributed by atoms with Gasteiger partial charge in [0.1, 0.15) is 0 Å². The first kappa shape index (κ1) is 14.8. The van der Waals surface area contributed by atoms with Crippen molar-refractivity contribution < 1.29 is 4.79 Å². The quantitative estimate of drug-likeness (QED) is 0.584. The van der Waals surface area contributed by atoms with Crippen molar-refractivity contribution in [2.75, 3.05) is 0 Å². The summed E-state index contributed by atoms with van der Waals surface area (Å²) < 4.78 is 1.66. The van der Waals surface area contributed by atoms with Crippen molar-refractivity contribution in [1.29, 1.82) is 0 Å². The first-order valence-electron chi connectivity index (χ1n) is 6.13. The van der Waals surface area contributed by atoms with Crippen molar-refractivity contribution in [2.45, 2.75) is 16.7 Å². The van der Waals surface area contributed by atoms with Crippen molar-refractivity contribution in [3.8, 4) is 0 Å². The molecule has 0 atom stereocenters. The van der Waals surface area contributed by atoms with E-state index >= 15 is 0 Å². The number of carbonyl (C=O) groups is 1. The van der Waals surface area contributed by atoms with Gasteiger partial charge >= 0.3 is 0 Å². The Morgan fingerprint density at radius 2 is 1.30 bits per heavy atom. The Kier molecular flexibility index (Phi) is 5.32. The van der Waals surface area contributed by atoms with Gasteiger partial charge in [-0.2, -0.15) is 0 Å². The fraction of sp³-hybridized carbons (Fsp3) is 0.0625. The molecule has 20 heavy (non-hydrogen) atoms. The fourth-order valence-electron chi connectivity index (χ4n) is 1.41. The van der Waals surface area contributed by atoms with E-state index in [1.807, 2.05) is 60.7 Å². The lowest BCUT2D eigenvalue weighted by Gasteiger charge is -2.19. The molecule has 0 radical (unpaired) electrons. The van der Waals surface area contributed by atoms with E-state index in [1.165, 1.54) is 23.9 Å². The second kappa shape index (κ2) is 7.22. The van der Waals surface area contributed by atoms with Crippen LogP contribution in [0.3, 0.4) is 0 Å². The summed E-state index contributed by atoms with van der Waals surface area (Å²) in [5.41, 5.74) is 0.525. The molecule has 2 aromatic carbocycles. The molecule has 0 bridgehead atoms. The number of rotatable bonds is 5. The van der Waals surface area contributed by atoms with Crippen LogP contribution in [0.1, 0.15) is 6.92 Å². The van der Waals surface area contributed by atoms with Crippen molar-refractivity contribution in [3.63, 3.8) is 0 Å². The largest absolute Gasteiger partial charge is 0.269 e. The Labute approximate surface area is 128 Å². The lowest BCUT2D eigenvalue weighted by Crippen LogP contribution is -2.17. The molecule has 1 amide bonds. The van der Waals surface area contributed by atoms with Crippen LogP contribution >= 0.6 is 23.9 Å². The van der Waals surface area contributed by atoms with Crippen LogP contribution in [-0.4, -0.2) is 9.62 Å². The van der Waals surface area contributed by atoms with Crippen molar-refractivity contribution in [2.24, 2.45) is 0 Å². The Morgan fingerprint density at radius 3 is 1.65 bits per heavy atom. The van der Waals surface area contributed by atoms with Gasteiger partial charge in [0.15, 0.2) is 0 Å². The van der Waals surface area contributed by atoms with Crippen molar-refractivity contribution in [1.82, 2.24) is 3.71 Å². The van der Waals surface area contributed by atoms with E-state index in [0.717, 1.165) is 9.79 Å². The van der Waals surface area contributed by atoms with E-state index in [2.05, 4.69) is 6.58 Å². The maximum atomic E-state index is 12.2. The van der Waals surface area contributed by atoms with Gasteiger partial charge in [0.05, 0.1) is 0 Å². The lowest BCUT2D eigenvalue weighted by atomic mass is 10.3. The van der Waals surface area contributed by atoms with Crippen LogP contribution < -0.4 is 0 Å². The summed E-state index contributed by atoms with van der Waals surface area (Å²) in [5, 5.41) is 0. The third-order valence-electron chi connectivity index (χ3n) is 2.39. The number of hydrogen-bond acceptors (Lipinski definition) is 3. The van der Waals surface area contributed by atoms with Gasteiger partial charge in [-0.25, -0.2) is 3.71 Å². The molecule has 2 nitrogen and oxygen atoms in total. The SMILES string of the molecule is C=C(C)C(=O)N(Sc1ccccc1)Sc1ccccc1. The lowest BCUT2D eigenvalue weighted by molar-refractivity contribution is -0.119. The first-order valence-corrected chi connectivity index (χ1v) is 7.67. The summed E-state index contributed by atoms with van der Waals surface area (Å²) in [5.74, 6) is -0.0762. The van der Waals surface area contributed by atoms with Gasteiger partial charge < -0.3 is 0 Å². The summed E-state index contributed by atoms with van der Waals surface area (Å²) >= 11 is 2.81. The van der Waals surface area contributed by atoms with Crippen LogP contribution in [0.15, 0.2) is 82.6 Å². The monoisotopic (exact) mass is 301 g/mol. The molecule has 0 N–H and O–H groups in total. The van der Waals surface area contributed by atoms with Crippen molar-refractivity contribution in [3.05, 3.63) is 72.8 Å². The van der Waals surface area contributed by atoms with E-state index in [-0.39, 0.29) is 5.91 Å². The Balaban J connectivity index is 2.17. The predicted octanol–water partition coefficient (Wildman–Crippen LogP) is 4.81. The normalized spacial score (nSPS) is 10.1. The van der Waals surface area contributed by atoms with Gasteiger partial charge in [-0.3, -0.25) is 4.79 Å². The first-order chi connectivity index (χ1) is 9.66. The minimum Gasteiger partial charge on any atom is -0.268 e. The highest BCUT2D eigenvalue weighted by atomic mass is 32.2. The van der Waals surface area contributed by atoms with E-state index in [9.17, 15) is 4.79 Å². The maximum Gasteiger partial charge on any atom is 0.269 e. The minimum atomic E-state index is -0.0762. The highest BCUT2D eigenvalue weighted by molar-refractivity contribution is 8.12. The van der Waals surface area contributed by atoms with Crippen LogP contribution in [0, 0.1) is 0 Å². The van der Waals surface area contributed by atoms with Gasteiger partial charge in [0, 0.05) is 39.3 Å². The second-order valence-electron chi connectivity index (χ2n) is 4.15. The van der Waals surface area contributed by atoms with Gasteiger partial charge in [-0.15, -0.1) is 0 Å². The van der Waals surface area contributed by atoms with Crippen LogP contribution in [0.5, 0.6) is 0 Å².